The summed E-state index contributed by atoms with van der Waals surface area (Å²) in [7, 11) is 0. The fourth-order valence-electron chi connectivity index (χ4n) is 14.8. The molecule has 1 aromatic heterocycles. The zero-order chi connectivity index (χ0) is 61.4. The van der Waals surface area contributed by atoms with Crippen LogP contribution in [0, 0.1) is 0 Å². The molecule has 0 N–H and O–H groups in total. The monoisotopic (exact) mass is 1170 g/mol. The van der Waals surface area contributed by atoms with E-state index in [1.807, 2.05) is 0 Å². The maximum Gasteiger partial charge on any atom is 0.252 e. The van der Waals surface area contributed by atoms with Crippen molar-refractivity contribution in [3.8, 4) is 83.6 Å². The number of hydrogen-bond acceptors (Lipinski definition) is 2. The number of aromatic nitrogens is 1. The van der Waals surface area contributed by atoms with Crippen molar-refractivity contribution in [3.05, 3.63) is 339 Å². The summed E-state index contributed by atoms with van der Waals surface area (Å²) in [6, 6.07) is 124. The number of fused-ring (bicyclic) bond motifs is 7. The highest BCUT2D eigenvalue weighted by Gasteiger charge is 2.46. The van der Waals surface area contributed by atoms with Gasteiger partial charge in [-0.05, 0) is 144 Å². The minimum absolute atomic E-state index is 0.198. The van der Waals surface area contributed by atoms with Crippen LogP contribution in [-0.4, -0.2) is 11.3 Å². The number of nitrogens with zero attached hydrogens (tertiary/aromatic N) is 3. The Hall–Kier alpha value is -11.5. The van der Waals surface area contributed by atoms with Crippen LogP contribution in [0.15, 0.2) is 334 Å². The first kappa shape index (κ1) is 54.7. The van der Waals surface area contributed by atoms with Crippen LogP contribution in [0.4, 0.5) is 34.1 Å². The molecule has 15 aromatic rings. The van der Waals surface area contributed by atoms with Gasteiger partial charge in [-0.1, -0.05) is 294 Å². The molecular formula is C88H64BN3. The van der Waals surface area contributed by atoms with Gasteiger partial charge in [-0.3, -0.25) is 0 Å². The number of para-hydroxylation sites is 4. The first-order valence-corrected chi connectivity index (χ1v) is 32.1. The van der Waals surface area contributed by atoms with Crippen molar-refractivity contribution in [1.82, 2.24) is 4.57 Å². The molecule has 17 rings (SSSR count). The molecule has 0 amide bonds. The fourth-order valence-corrected chi connectivity index (χ4v) is 14.8. The quantitative estimate of drug-likeness (QED) is 0.126. The highest BCUT2D eigenvalue weighted by Crippen LogP contribution is 2.54. The summed E-state index contributed by atoms with van der Waals surface area (Å²) in [5.41, 5.74) is 31.2. The van der Waals surface area contributed by atoms with Crippen molar-refractivity contribution in [2.75, 3.05) is 9.80 Å². The Morgan fingerprint density at radius 2 is 0.609 bits per heavy atom. The molecule has 0 saturated heterocycles. The lowest BCUT2D eigenvalue weighted by Gasteiger charge is -2.46. The summed E-state index contributed by atoms with van der Waals surface area (Å²) in [6.07, 6.45) is 0. The van der Waals surface area contributed by atoms with Crippen LogP contribution in [0.5, 0.6) is 0 Å². The minimum Gasteiger partial charge on any atom is -0.310 e. The molecule has 0 atom stereocenters. The topological polar surface area (TPSA) is 11.4 Å². The summed E-state index contributed by atoms with van der Waals surface area (Å²) < 4.78 is 2.48. The second-order valence-electron chi connectivity index (χ2n) is 25.6. The van der Waals surface area contributed by atoms with Crippen molar-refractivity contribution < 1.29 is 0 Å². The highest BCUT2D eigenvalue weighted by atomic mass is 15.2. The molecular weight excluding hydrogens is 1110 g/mol. The Kier molecular flexibility index (Phi) is 13.2. The molecule has 2 aliphatic heterocycles. The van der Waals surface area contributed by atoms with Crippen molar-refractivity contribution >= 4 is 79.0 Å². The lowest BCUT2D eigenvalue weighted by atomic mass is 9.33. The molecule has 0 bridgehead atoms. The Morgan fingerprint density at radius 1 is 0.261 bits per heavy atom. The van der Waals surface area contributed by atoms with Crippen molar-refractivity contribution in [3.63, 3.8) is 0 Å². The molecule has 2 aliphatic rings. The Labute approximate surface area is 539 Å². The summed E-state index contributed by atoms with van der Waals surface area (Å²) >= 11 is 0. The van der Waals surface area contributed by atoms with Crippen LogP contribution >= 0.6 is 0 Å². The van der Waals surface area contributed by atoms with Crippen LogP contribution in [0.1, 0.15) is 26.3 Å². The average molecular weight is 1170 g/mol. The Morgan fingerprint density at radius 3 is 1.01 bits per heavy atom. The van der Waals surface area contributed by atoms with E-state index in [0.29, 0.717) is 0 Å². The van der Waals surface area contributed by atoms with Crippen LogP contribution in [0.3, 0.4) is 0 Å². The van der Waals surface area contributed by atoms with E-state index >= 15 is 0 Å². The zero-order valence-corrected chi connectivity index (χ0v) is 51.7. The number of benzene rings is 14. The van der Waals surface area contributed by atoms with Gasteiger partial charge in [0.1, 0.15) is 0 Å². The maximum absolute atomic E-state index is 2.68. The van der Waals surface area contributed by atoms with Gasteiger partial charge in [0.2, 0.25) is 0 Å². The van der Waals surface area contributed by atoms with Gasteiger partial charge in [-0.15, -0.1) is 0 Å². The van der Waals surface area contributed by atoms with Crippen LogP contribution in [0.25, 0.3) is 105 Å². The van der Waals surface area contributed by atoms with E-state index in [1.54, 1.807) is 0 Å². The van der Waals surface area contributed by atoms with Gasteiger partial charge in [0.05, 0.1) is 22.4 Å². The number of hydrogen-bond donors (Lipinski definition) is 0. The molecule has 3 nitrogen and oxygen atoms in total. The molecule has 0 fully saturated rings. The summed E-state index contributed by atoms with van der Waals surface area (Å²) in [6.45, 7) is 6.94. The lowest BCUT2D eigenvalue weighted by Crippen LogP contribution is -2.61. The fraction of sp³-hybridized carbons (Fsp3) is 0.0455. The third-order valence-electron chi connectivity index (χ3n) is 19.1. The van der Waals surface area contributed by atoms with Gasteiger partial charge in [-0.2, -0.15) is 0 Å². The molecule has 4 heteroatoms. The SMILES string of the molecule is CC(C)(C)c1cc2c3c(c1)N(c1c(-c4ccccc4)cccc1-c1ccccc1)c1cc(-n4c5ccccc5c5ccccc54)ccc1B3c1ccc(-c3cc(-c4ccccc4)cc(-c4ccccc4)c3)cc1N2c1c(-c2ccccc2)cccc1-c1ccccc1. The van der Waals surface area contributed by atoms with E-state index in [2.05, 4.69) is 369 Å². The third kappa shape index (κ3) is 9.20. The highest BCUT2D eigenvalue weighted by molar-refractivity contribution is 7.00. The largest absolute Gasteiger partial charge is 0.310 e. The van der Waals surface area contributed by atoms with Crippen LogP contribution in [0.2, 0.25) is 0 Å². The van der Waals surface area contributed by atoms with Crippen molar-refractivity contribution in [2.24, 2.45) is 0 Å². The predicted octanol–water partition coefficient (Wildman–Crippen LogP) is 21.8. The second kappa shape index (κ2) is 22.2. The van der Waals surface area contributed by atoms with E-state index in [4.69, 9.17) is 0 Å². The zero-order valence-electron chi connectivity index (χ0n) is 51.7. The normalized spacial score (nSPS) is 12.4. The maximum atomic E-state index is 2.68. The molecule has 0 spiro atoms. The first-order valence-electron chi connectivity index (χ1n) is 32.1. The van der Waals surface area contributed by atoms with Crippen molar-refractivity contribution in [2.45, 2.75) is 26.2 Å². The second-order valence-corrected chi connectivity index (χ2v) is 25.6. The van der Waals surface area contributed by atoms with E-state index in [9.17, 15) is 0 Å². The molecule has 14 aromatic carbocycles. The molecule has 0 aliphatic carbocycles. The molecule has 3 heterocycles. The number of rotatable bonds is 10. The summed E-state index contributed by atoms with van der Waals surface area (Å²) in [4.78, 5) is 5.37. The molecule has 0 radical (unpaired) electrons. The standard InChI is InChI=1S/C88H64BN3/c1-88(2,3)69-56-83-85-84(57-69)92(87-73(63-36-18-8-19-37-63)44-27-45-74(87)64-38-20-9-21-39-64)82-58-70(90-79-46-24-22-40-75(79)76-41-23-25-47-80(76)90)49-51-78(82)89(85)77-50-48-65(68-53-66(59-28-10-4-11-29-59)52-67(54-68)60-30-12-5-13-31-60)55-81(77)91(83)86-71(61-32-14-6-15-33-61)42-26-43-72(86)62-34-16-7-17-35-62/h4-58H,1-3H3. The van der Waals surface area contributed by atoms with E-state index < -0.39 is 0 Å². The van der Waals surface area contributed by atoms with Gasteiger partial charge >= 0.3 is 0 Å². The Balaban J connectivity index is 1.03. The van der Waals surface area contributed by atoms with E-state index in [1.165, 1.54) is 66.0 Å². The lowest BCUT2D eigenvalue weighted by molar-refractivity contribution is 0.590. The predicted molar refractivity (Wildman–Crippen MR) is 392 cm³/mol. The van der Waals surface area contributed by atoms with Gasteiger partial charge in [0.25, 0.3) is 6.71 Å². The molecule has 434 valence electrons. The third-order valence-corrected chi connectivity index (χ3v) is 19.1. The van der Waals surface area contributed by atoms with Gasteiger partial charge in [0, 0.05) is 61.5 Å². The van der Waals surface area contributed by atoms with E-state index in [-0.39, 0.29) is 12.1 Å². The minimum atomic E-state index is -0.292. The summed E-state index contributed by atoms with van der Waals surface area (Å²) in [5.74, 6) is 0. The van der Waals surface area contributed by atoms with Gasteiger partial charge < -0.3 is 14.4 Å². The molecule has 92 heavy (non-hydrogen) atoms. The van der Waals surface area contributed by atoms with Gasteiger partial charge in [-0.25, -0.2) is 0 Å². The molecule has 0 unspecified atom stereocenters. The number of anilines is 6. The average Bonchev–Trinajstić information content (AvgIpc) is 0.755. The summed E-state index contributed by atoms with van der Waals surface area (Å²) in [5, 5.41) is 2.47. The first-order chi connectivity index (χ1) is 45.3. The van der Waals surface area contributed by atoms with Crippen LogP contribution in [-0.2, 0) is 5.41 Å². The van der Waals surface area contributed by atoms with E-state index in [0.717, 1.165) is 95.4 Å². The smallest absolute Gasteiger partial charge is 0.252 e. The Bertz CT molecular complexity index is 5080. The van der Waals surface area contributed by atoms with Gasteiger partial charge in [0.15, 0.2) is 0 Å². The molecule has 0 saturated carbocycles. The van der Waals surface area contributed by atoms with Crippen molar-refractivity contribution in [1.29, 1.82) is 0 Å². The van der Waals surface area contributed by atoms with Crippen LogP contribution < -0.4 is 26.2 Å².